The van der Waals surface area contributed by atoms with Crippen molar-refractivity contribution in [1.29, 1.82) is 0 Å². The summed E-state index contributed by atoms with van der Waals surface area (Å²) < 4.78 is 0. The first-order chi connectivity index (χ1) is 7.13. The molecule has 0 aliphatic carbocycles. The Morgan fingerprint density at radius 1 is 1.20 bits per heavy atom. The largest absolute Gasteiger partial charge is 0.369 e. The molecule has 4 nitrogen and oxygen atoms in total. The molecule has 1 aromatic heterocycles. The standard InChI is InChI=1S/C11H20N4/c1-5-13-10-6-12-7-11(15-10)14-9(4)8(2)3/h6-9H,5H2,1-4H3,(H2,13,14,15). The maximum absolute atomic E-state index is 4.40. The average molecular weight is 208 g/mol. The fourth-order valence-corrected chi connectivity index (χ4v) is 1.10. The minimum Gasteiger partial charge on any atom is -0.369 e. The number of anilines is 2. The van der Waals surface area contributed by atoms with Gasteiger partial charge in [0.1, 0.15) is 11.6 Å². The molecule has 1 atom stereocenters. The second-order valence-corrected chi connectivity index (χ2v) is 4.00. The smallest absolute Gasteiger partial charge is 0.147 e. The molecule has 1 unspecified atom stereocenters. The second-order valence-electron chi connectivity index (χ2n) is 4.00. The van der Waals surface area contributed by atoms with Crippen molar-refractivity contribution in [2.45, 2.75) is 33.7 Å². The molecule has 0 bridgehead atoms. The van der Waals surface area contributed by atoms with E-state index in [1.54, 1.807) is 12.4 Å². The van der Waals surface area contributed by atoms with Crippen LogP contribution in [-0.4, -0.2) is 22.6 Å². The van der Waals surface area contributed by atoms with Crippen molar-refractivity contribution >= 4 is 11.6 Å². The minimum atomic E-state index is 0.399. The lowest BCUT2D eigenvalue weighted by Gasteiger charge is -2.18. The predicted molar refractivity (Wildman–Crippen MR) is 64.1 cm³/mol. The molecule has 0 amide bonds. The molecule has 1 rings (SSSR count). The van der Waals surface area contributed by atoms with Crippen molar-refractivity contribution in [2.75, 3.05) is 17.2 Å². The quantitative estimate of drug-likeness (QED) is 0.780. The van der Waals surface area contributed by atoms with E-state index in [9.17, 15) is 0 Å². The molecule has 4 heteroatoms. The van der Waals surface area contributed by atoms with Gasteiger partial charge in [-0.1, -0.05) is 13.8 Å². The number of aromatic nitrogens is 2. The molecule has 0 saturated heterocycles. The third-order valence-corrected chi connectivity index (χ3v) is 2.37. The molecule has 0 aliphatic heterocycles. The van der Waals surface area contributed by atoms with Crippen LogP contribution in [0.5, 0.6) is 0 Å². The first-order valence-electron chi connectivity index (χ1n) is 5.46. The fraction of sp³-hybridized carbons (Fsp3) is 0.636. The van der Waals surface area contributed by atoms with Crippen molar-refractivity contribution in [3.05, 3.63) is 12.4 Å². The number of rotatable bonds is 5. The third-order valence-electron chi connectivity index (χ3n) is 2.37. The predicted octanol–water partition coefficient (Wildman–Crippen LogP) is 2.36. The number of nitrogens with zero attached hydrogens (tertiary/aromatic N) is 2. The monoisotopic (exact) mass is 208 g/mol. The Labute approximate surface area is 91.5 Å². The zero-order valence-electron chi connectivity index (χ0n) is 9.91. The van der Waals surface area contributed by atoms with Crippen LogP contribution >= 0.6 is 0 Å². The average Bonchev–Trinajstić information content (AvgIpc) is 2.18. The van der Waals surface area contributed by atoms with Gasteiger partial charge in [0.05, 0.1) is 12.4 Å². The molecule has 0 aromatic carbocycles. The zero-order valence-corrected chi connectivity index (χ0v) is 9.91. The van der Waals surface area contributed by atoms with Crippen LogP contribution in [-0.2, 0) is 0 Å². The molecular weight excluding hydrogens is 188 g/mol. The molecule has 1 aromatic rings. The molecule has 2 N–H and O–H groups in total. The second kappa shape index (κ2) is 5.53. The molecule has 0 saturated carbocycles. The molecular formula is C11H20N4. The summed E-state index contributed by atoms with van der Waals surface area (Å²) in [5, 5.41) is 6.46. The summed E-state index contributed by atoms with van der Waals surface area (Å²) in [6, 6.07) is 0.399. The van der Waals surface area contributed by atoms with E-state index in [0.717, 1.165) is 18.2 Å². The molecule has 15 heavy (non-hydrogen) atoms. The summed E-state index contributed by atoms with van der Waals surface area (Å²) >= 11 is 0. The Hall–Kier alpha value is -1.32. The van der Waals surface area contributed by atoms with Gasteiger partial charge < -0.3 is 10.6 Å². The zero-order chi connectivity index (χ0) is 11.3. The summed E-state index contributed by atoms with van der Waals surface area (Å²) in [7, 11) is 0. The highest BCUT2D eigenvalue weighted by atomic mass is 15.1. The van der Waals surface area contributed by atoms with E-state index in [4.69, 9.17) is 0 Å². The Bertz CT molecular complexity index is 298. The minimum absolute atomic E-state index is 0.399. The van der Waals surface area contributed by atoms with Gasteiger partial charge >= 0.3 is 0 Å². The van der Waals surface area contributed by atoms with Gasteiger partial charge in [0.2, 0.25) is 0 Å². The van der Waals surface area contributed by atoms with Crippen LogP contribution in [0.25, 0.3) is 0 Å². The molecule has 0 radical (unpaired) electrons. The van der Waals surface area contributed by atoms with E-state index in [-0.39, 0.29) is 0 Å². The van der Waals surface area contributed by atoms with Gasteiger partial charge in [0, 0.05) is 12.6 Å². The highest BCUT2D eigenvalue weighted by molar-refractivity contribution is 5.41. The fourth-order valence-electron chi connectivity index (χ4n) is 1.10. The SMILES string of the molecule is CCNc1cncc(NC(C)C(C)C)n1. The Morgan fingerprint density at radius 2 is 1.87 bits per heavy atom. The number of nitrogens with one attached hydrogen (secondary N) is 2. The normalized spacial score (nSPS) is 12.6. The van der Waals surface area contributed by atoms with E-state index in [1.807, 2.05) is 6.92 Å². The Morgan fingerprint density at radius 3 is 2.47 bits per heavy atom. The van der Waals surface area contributed by atoms with Crippen molar-refractivity contribution < 1.29 is 0 Å². The van der Waals surface area contributed by atoms with Crippen molar-refractivity contribution in [3.8, 4) is 0 Å². The van der Waals surface area contributed by atoms with Crippen LogP contribution in [0.15, 0.2) is 12.4 Å². The first kappa shape index (κ1) is 11.8. The van der Waals surface area contributed by atoms with E-state index in [2.05, 4.69) is 41.4 Å². The summed E-state index contributed by atoms with van der Waals surface area (Å²) in [6.07, 6.45) is 3.48. The first-order valence-corrected chi connectivity index (χ1v) is 5.46. The lowest BCUT2D eigenvalue weighted by Crippen LogP contribution is -2.22. The number of hydrogen-bond acceptors (Lipinski definition) is 4. The van der Waals surface area contributed by atoms with Crippen molar-refractivity contribution in [2.24, 2.45) is 5.92 Å². The molecule has 0 spiro atoms. The van der Waals surface area contributed by atoms with Gasteiger partial charge in [0.15, 0.2) is 0 Å². The van der Waals surface area contributed by atoms with Crippen LogP contribution in [0, 0.1) is 5.92 Å². The Balaban J connectivity index is 2.64. The summed E-state index contributed by atoms with van der Waals surface area (Å²) in [6.45, 7) is 9.40. The van der Waals surface area contributed by atoms with Gasteiger partial charge in [-0.05, 0) is 19.8 Å². The Kier molecular flexibility index (Phi) is 4.34. The van der Waals surface area contributed by atoms with Gasteiger partial charge in [-0.2, -0.15) is 0 Å². The van der Waals surface area contributed by atoms with Crippen LogP contribution in [0.2, 0.25) is 0 Å². The lowest BCUT2D eigenvalue weighted by atomic mass is 10.1. The van der Waals surface area contributed by atoms with E-state index < -0.39 is 0 Å². The van der Waals surface area contributed by atoms with E-state index in [0.29, 0.717) is 12.0 Å². The van der Waals surface area contributed by atoms with Gasteiger partial charge in [-0.15, -0.1) is 0 Å². The van der Waals surface area contributed by atoms with Crippen LogP contribution < -0.4 is 10.6 Å². The van der Waals surface area contributed by atoms with Crippen LogP contribution in [0.3, 0.4) is 0 Å². The maximum atomic E-state index is 4.40. The van der Waals surface area contributed by atoms with Crippen molar-refractivity contribution in [3.63, 3.8) is 0 Å². The molecule has 0 aliphatic rings. The van der Waals surface area contributed by atoms with Crippen LogP contribution in [0.4, 0.5) is 11.6 Å². The van der Waals surface area contributed by atoms with Crippen LogP contribution in [0.1, 0.15) is 27.7 Å². The van der Waals surface area contributed by atoms with Gasteiger partial charge in [0.25, 0.3) is 0 Å². The van der Waals surface area contributed by atoms with Gasteiger partial charge in [-0.25, -0.2) is 4.98 Å². The van der Waals surface area contributed by atoms with Crippen molar-refractivity contribution in [1.82, 2.24) is 9.97 Å². The van der Waals surface area contributed by atoms with E-state index >= 15 is 0 Å². The van der Waals surface area contributed by atoms with Gasteiger partial charge in [-0.3, -0.25) is 4.98 Å². The highest BCUT2D eigenvalue weighted by Crippen LogP contribution is 2.11. The molecule has 1 heterocycles. The summed E-state index contributed by atoms with van der Waals surface area (Å²) in [5.41, 5.74) is 0. The lowest BCUT2D eigenvalue weighted by molar-refractivity contribution is 0.558. The summed E-state index contributed by atoms with van der Waals surface area (Å²) in [5.74, 6) is 2.22. The number of hydrogen-bond donors (Lipinski definition) is 2. The third kappa shape index (κ3) is 3.73. The highest BCUT2D eigenvalue weighted by Gasteiger charge is 2.07. The maximum Gasteiger partial charge on any atom is 0.147 e. The topological polar surface area (TPSA) is 49.8 Å². The van der Waals surface area contributed by atoms with E-state index in [1.165, 1.54) is 0 Å². The molecule has 0 fully saturated rings. The summed E-state index contributed by atoms with van der Waals surface area (Å²) in [4.78, 5) is 8.53. The molecule has 84 valence electrons.